The van der Waals surface area contributed by atoms with E-state index in [-0.39, 0.29) is 0 Å². The van der Waals surface area contributed by atoms with E-state index in [1.165, 1.54) is 17.0 Å². The van der Waals surface area contributed by atoms with Gasteiger partial charge in [0.05, 0.1) is 6.20 Å². The summed E-state index contributed by atoms with van der Waals surface area (Å²) in [7, 11) is 0. The molecule has 0 bridgehead atoms. The minimum absolute atomic E-state index is 0.757. The number of hydrogen-bond acceptors (Lipinski definition) is 4. The average Bonchev–Trinajstić information content (AvgIpc) is 2.78. The first kappa shape index (κ1) is 11.9. The van der Waals surface area contributed by atoms with Gasteiger partial charge in [-0.05, 0) is 38.1 Å². The summed E-state index contributed by atoms with van der Waals surface area (Å²) in [6, 6.07) is 8.48. The standard InChI is InChI=1S/C13H17N3S/c1-3-16(4-2)11-7-5-10(6-8-11)13-15-9-12(14)17-13/h5-9H,3-4,14H2,1-2H3. The van der Waals surface area contributed by atoms with E-state index in [0.29, 0.717) is 0 Å². The summed E-state index contributed by atoms with van der Waals surface area (Å²) in [5, 5.41) is 1.74. The number of rotatable bonds is 4. The van der Waals surface area contributed by atoms with Crippen LogP contribution in [0, 0.1) is 0 Å². The van der Waals surface area contributed by atoms with Gasteiger partial charge in [0.25, 0.3) is 0 Å². The molecule has 1 aromatic heterocycles. The van der Waals surface area contributed by atoms with Crippen LogP contribution in [-0.4, -0.2) is 18.1 Å². The average molecular weight is 247 g/mol. The second-order valence-corrected chi connectivity index (χ2v) is 4.85. The maximum absolute atomic E-state index is 5.68. The van der Waals surface area contributed by atoms with Crippen molar-refractivity contribution < 1.29 is 0 Å². The highest BCUT2D eigenvalue weighted by Gasteiger charge is 2.05. The third-order valence-electron chi connectivity index (χ3n) is 2.77. The molecule has 0 aliphatic heterocycles. The smallest absolute Gasteiger partial charge is 0.125 e. The second kappa shape index (κ2) is 5.19. The minimum atomic E-state index is 0.757. The third-order valence-corrected chi connectivity index (χ3v) is 3.64. The number of nitrogens with zero attached hydrogens (tertiary/aromatic N) is 2. The Morgan fingerprint density at radius 1 is 1.18 bits per heavy atom. The van der Waals surface area contributed by atoms with E-state index in [0.717, 1.165) is 28.7 Å². The number of aromatic nitrogens is 1. The van der Waals surface area contributed by atoms with E-state index in [9.17, 15) is 0 Å². The molecule has 0 spiro atoms. The van der Waals surface area contributed by atoms with Gasteiger partial charge in [-0.3, -0.25) is 0 Å². The molecule has 0 unspecified atom stereocenters. The molecule has 1 heterocycles. The van der Waals surface area contributed by atoms with Crippen LogP contribution in [0.1, 0.15) is 13.8 Å². The van der Waals surface area contributed by atoms with Gasteiger partial charge >= 0.3 is 0 Å². The maximum Gasteiger partial charge on any atom is 0.125 e. The number of nitrogen functional groups attached to an aromatic ring is 1. The van der Waals surface area contributed by atoms with Crippen LogP contribution in [0.4, 0.5) is 10.7 Å². The molecular formula is C13H17N3S. The Hall–Kier alpha value is -1.55. The summed E-state index contributed by atoms with van der Waals surface area (Å²) >= 11 is 1.52. The van der Waals surface area contributed by atoms with Crippen molar-refractivity contribution in [2.75, 3.05) is 23.7 Å². The van der Waals surface area contributed by atoms with Crippen LogP contribution in [0.5, 0.6) is 0 Å². The van der Waals surface area contributed by atoms with Gasteiger partial charge in [-0.15, -0.1) is 0 Å². The van der Waals surface area contributed by atoms with E-state index in [4.69, 9.17) is 5.73 Å². The van der Waals surface area contributed by atoms with E-state index in [1.54, 1.807) is 6.20 Å². The van der Waals surface area contributed by atoms with Gasteiger partial charge in [-0.2, -0.15) is 0 Å². The van der Waals surface area contributed by atoms with Gasteiger partial charge in [0.1, 0.15) is 10.0 Å². The lowest BCUT2D eigenvalue weighted by atomic mass is 10.2. The molecule has 2 N–H and O–H groups in total. The van der Waals surface area contributed by atoms with Crippen molar-refractivity contribution in [2.24, 2.45) is 0 Å². The summed E-state index contributed by atoms with van der Waals surface area (Å²) < 4.78 is 0. The molecule has 2 rings (SSSR count). The van der Waals surface area contributed by atoms with Crippen molar-refractivity contribution in [1.82, 2.24) is 4.98 Å². The lowest BCUT2D eigenvalue weighted by Gasteiger charge is -2.20. The van der Waals surface area contributed by atoms with Crippen LogP contribution in [0.2, 0.25) is 0 Å². The Balaban J connectivity index is 2.23. The minimum Gasteiger partial charge on any atom is -0.389 e. The molecule has 0 atom stereocenters. The Kier molecular flexibility index (Phi) is 3.64. The highest BCUT2D eigenvalue weighted by atomic mass is 32.1. The van der Waals surface area contributed by atoms with Crippen molar-refractivity contribution >= 4 is 22.0 Å². The van der Waals surface area contributed by atoms with Gasteiger partial charge in [-0.1, -0.05) is 11.3 Å². The number of hydrogen-bond donors (Lipinski definition) is 1. The van der Waals surface area contributed by atoms with E-state index in [2.05, 4.69) is 48.0 Å². The molecule has 0 aliphatic carbocycles. The predicted octanol–water partition coefficient (Wildman–Crippen LogP) is 3.24. The summed E-state index contributed by atoms with van der Waals surface area (Å²) in [6.07, 6.45) is 1.71. The number of nitrogens with two attached hydrogens (primary N) is 1. The Labute approximate surface area is 106 Å². The zero-order valence-electron chi connectivity index (χ0n) is 10.2. The van der Waals surface area contributed by atoms with Gasteiger partial charge < -0.3 is 10.6 Å². The van der Waals surface area contributed by atoms with Gasteiger partial charge in [0.2, 0.25) is 0 Å². The third kappa shape index (κ3) is 2.58. The van der Waals surface area contributed by atoms with Gasteiger partial charge in [0.15, 0.2) is 0 Å². The van der Waals surface area contributed by atoms with Crippen LogP contribution in [0.25, 0.3) is 10.6 Å². The van der Waals surface area contributed by atoms with Crippen molar-refractivity contribution in [1.29, 1.82) is 0 Å². The van der Waals surface area contributed by atoms with Crippen LogP contribution < -0.4 is 10.6 Å². The number of thiazole rings is 1. The molecular weight excluding hydrogens is 230 g/mol. The summed E-state index contributed by atoms with van der Waals surface area (Å²) in [4.78, 5) is 6.60. The molecule has 2 aromatic rings. The molecule has 1 aromatic carbocycles. The summed E-state index contributed by atoms with van der Waals surface area (Å²) in [5.74, 6) is 0. The fraction of sp³-hybridized carbons (Fsp3) is 0.308. The number of benzene rings is 1. The SMILES string of the molecule is CCN(CC)c1ccc(-c2ncc(N)s2)cc1. The summed E-state index contributed by atoms with van der Waals surface area (Å²) in [5.41, 5.74) is 8.07. The largest absolute Gasteiger partial charge is 0.389 e. The molecule has 0 amide bonds. The highest BCUT2D eigenvalue weighted by Crippen LogP contribution is 2.28. The van der Waals surface area contributed by atoms with Crippen molar-refractivity contribution in [3.63, 3.8) is 0 Å². The predicted molar refractivity (Wildman–Crippen MR) is 75.5 cm³/mol. The van der Waals surface area contributed by atoms with E-state index >= 15 is 0 Å². The molecule has 0 aliphatic rings. The molecule has 0 saturated heterocycles. The molecule has 90 valence electrons. The monoisotopic (exact) mass is 247 g/mol. The fourth-order valence-corrected chi connectivity index (χ4v) is 2.51. The van der Waals surface area contributed by atoms with Crippen molar-refractivity contribution in [3.8, 4) is 10.6 Å². The maximum atomic E-state index is 5.68. The van der Waals surface area contributed by atoms with Crippen LogP contribution in [-0.2, 0) is 0 Å². The lowest BCUT2D eigenvalue weighted by Crippen LogP contribution is -2.21. The molecule has 4 heteroatoms. The second-order valence-electron chi connectivity index (χ2n) is 3.79. The lowest BCUT2D eigenvalue weighted by molar-refractivity contribution is 0.866. The van der Waals surface area contributed by atoms with Crippen molar-refractivity contribution in [2.45, 2.75) is 13.8 Å². The van der Waals surface area contributed by atoms with Crippen LogP contribution in [0.3, 0.4) is 0 Å². The van der Waals surface area contributed by atoms with Gasteiger partial charge in [0, 0.05) is 24.3 Å². The Morgan fingerprint density at radius 2 is 1.82 bits per heavy atom. The zero-order chi connectivity index (χ0) is 12.3. The topological polar surface area (TPSA) is 42.2 Å². The number of anilines is 2. The quantitative estimate of drug-likeness (QED) is 0.902. The van der Waals surface area contributed by atoms with Crippen LogP contribution in [0.15, 0.2) is 30.5 Å². The highest BCUT2D eigenvalue weighted by molar-refractivity contribution is 7.18. The van der Waals surface area contributed by atoms with E-state index < -0.39 is 0 Å². The molecule has 0 fully saturated rings. The first-order chi connectivity index (χ1) is 8.24. The molecule has 0 saturated carbocycles. The molecule has 3 nitrogen and oxygen atoms in total. The summed E-state index contributed by atoms with van der Waals surface area (Å²) in [6.45, 7) is 6.39. The Morgan fingerprint density at radius 3 is 2.29 bits per heavy atom. The van der Waals surface area contributed by atoms with Crippen LogP contribution >= 0.6 is 11.3 Å². The Bertz CT molecular complexity index is 472. The van der Waals surface area contributed by atoms with E-state index in [1.807, 2.05) is 0 Å². The zero-order valence-corrected chi connectivity index (χ0v) is 11.0. The normalized spacial score (nSPS) is 10.5. The first-order valence-electron chi connectivity index (χ1n) is 5.81. The van der Waals surface area contributed by atoms with Crippen molar-refractivity contribution in [3.05, 3.63) is 30.5 Å². The fourth-order valence-electron chi connectivity index (χ4n) is 1.82. The molecule has 17 heavy (non-hydrogen) atoms. The molecule has 0 radical (unpaired) electrons. The first-order valence-corrected chi connectivity index (χ1v) is 6.63. The van der Waals surface area contributed by atoms with Gasteiger partial charge in [-0.25, -0.2) is 4.98 Å².